The Morgan fingerprint density at radius 2 is 2.00 bits per heavy atom. The first-order valence-electron chi connectivity index (χ1n) is 10.4. The number of nitrogens with one attached hydrogen (secondary N) is 1. The third-order valence-electron chi connectivity index (χ3n) is 5.64. The molecule has 0 spiro atoms. The Morgan fingerprint density at radius 1 is 1.16 bits per heavy atom. The van der Waals surface area contributed by atoms with Gasteiger partial charge in [0.1, 0.15) is 11.5 Å². The highest BCUT2D eigenvalue weighted by Crippen LogP contribution is 2.29. The number of fused-ring (bicyclic) bond motifs is 1. The van der Waals surface area contributed by atoms with Crippen LogP contribution in [0.25, 0.3) is 0 Å². The van der Waals surface area contributed by atoms with Crippen molar-refractivity contribution in [2.24, 2.45) is 0 Å². The highest BCUT2D eigenvalue weighted by Gasteiger charge is 2.20. The number of aliphatic hydroxyl groups is 1. The number of benzene rings is 2. The fraction of sp³-hybridized carbons (Fsp3) is 0.280. The zero-order valence-corrected chi connectivity index (χ0v) is 17.4. The maximum Gasteiger partial charge on any atom is 0.335 e. The largest absolute Gasteiger partial charge is 0.478 e. The summed E-state index contributed by atoms with van der Waals surface area (Å²) in [4.78, 5) is 15.4. The lowest BCUT2D eigenvalue weighted by Gasteiger charge is -2.27. The van der Waals surface area contributed by atoms with Gasteiger partial charge in [-0.15, -0.1) is 0 Å². The van der Waals surface area contributed by atoms with Gasteiger partial charge in [-0.1, -0.05) is 18.2 Å². The highest BCUT2D eigenvalue weighted by molar-refractivity contribution is 5.88. The van der Waals surface area contributed by atoms with E-state index in [1.165, 1.54) is 17.2 Å². The number of aliphatic hydroxyl groups excluding tert-OH is 1. The lowest BCUT2D eigenvalue weighted by molar-refractivity contribution is 0.0696. The molecule has 1 aliphatic rings. The molecule has 0 saturated carbocycles. The molecule has 6 heteroatoms. The summed E-state index contributed by atoms with van der Waals surface area (Å²) in [5.74, 6) is 0.210. The van der Waals surface area contributed by atoms with Gasteiger partial charge in [0.05, 0.1) is 11.7 Å². The molecule has 0 unspecified atom stereocenters. The Hall–Kier alpha value is -3.22. The molecule has 0 bridgehead atoms. The lowest BCUT2D eigenvalue weighted by Crippen LogP contribution is -2.37. The molecule has 2 atom stereocenters. The van der Waals surface area contributed by atoms with E-state index < -0.39 is 12.1 Å². The summed E-state index contributed by atoms with van der Waals surface area (Å²) in [5.41, 5.74) is 4.45. The van der Waals surface area contributed by atoms with Gasteiger partial charge >= 0.3 is 5.97 Å². The fourth-order valence-electron chi connectivity index (χ4n) is 3.87. The number of hydrogen-bond acceptors (Lipinski definition) is 5. The Labute approximate surface area is 181 Å². The third kappa shape index (κ3) is 5.29. The molecule has 160 valence electrons. The van der Waals surface area contributed by atoms with Crippen molar-refractivity contribution in [3.8, 4) is 11.5 Å². The molecule has 0 fully saturated rings. The Bertz CT molecular complexity index is 1070. The van der Waals surface area contributed by atoms with Crippen molar-refractivity contribution in [1.82, 2.24) is 10.3 Å². The number of nitrogens with zero attached hydrogens (tertiary/aromatic N) is 1. The lowest BCUT2D eigenvalue weighted by atomic mass is 9.88. The molecule has 31 heavy (non-hydrogen) atoms. The number of carboxylic acid groups (broad SMARTS) is 1. The predicted octanol–water partition coefficient (Wildman–Crippen LogP) is 4.06. The first-order chi connectivity index (χ1) is 15.0. The molecule has 0 amide bonds. The molecule has 4 rings (SSSR count). The molecule has 2 aromatic carbocycles. The minimum Gasteiger partial charge on any atom is -0.478 e. The zero-order chi connectivity index (χ0) is 21.8. The Balaban J connectivity index is 1.38. The Morgan fingerprint density at radius 3 is 2.77 bits per heavy atom. The molecule has 6 nitrogen and oxygen atoms in total. The van der Waals surface area contributed by atoms with Gasteiger partial charge in [0.2, 0.25) is 0 Å². The minimum atomic E-state index is -0.978. The van der Waals surface area contributed by atoms with E-state index in [2.05, 4.69) is 16.4 Å². The monoisotopic (exact) mass is 418 g/mol. The summed E-state index contributed by atoms with van der Waals surface area (Å²) in [6.07, 6.45) is 3.95. The van der Waals surface area contributed by atoms with Gasteiger partial charge in [0.15, 0.2) is 0 Å². The smallest absolute Gasteiger partial charge is 0.335 e. The Kier molecular flexibility index (Phi) is 6.30. The van der Waals surface area contributed by atoms with E-state index in [-0.39, 0.29) is 11.6 Å². The number of carboxylic acids is 1. The molecule has 0 aliphatic heterocycles. The van der Waals surface area contributed by atoms with Gasteiger partial charge in [-0.05, 0) is 73.7 Å². The van der Waals surface area contributed by atoms with E-state index in [0.717, 1.165) is 30.5 Å². The van der Waals surface area contributed by atoms with E-state index in [0.29, 0.717) is 18.0 Å². The number of aromatic nitrogens is 1. The van der Waals surface area contributed by atoms with Gasteiger partial charge in [0, 0.05) is 30.0 Å². The fourth-order valence-corrected chi connectivity index (χ4v) is 3.87. The van der Waals surface area contributed by atoms with Crippen LogP contribution in [0.1, 0.15) is 45.3 Å². The van der Waals surface area contributed by atoms with Gasteiger partial charge in [-0.2, -0.15) is 0 Å². The van der Waals surface area contributed by atoms with Crippen LogP contribution >= 0.6 is 0 Å². The second-order valence-electron chi connectivity index (χ2n) is 7.96. The van der Waals surface area contributed by atoms with Crippen molar-refractivity contribution in [2.75, 3.05) is 6.54 Å². The van der Waals surface area contributed by atoms with Crippen LogP contribution in [0.4, 0.5) is 0 Å². The molecule has 1 aliphatic carbocycles. The summed E-state index contributed by atoms with van der Waals surface area (Å²) in [6.45, 7) is 2.40. The summed E-state index contributed by atoms with van der Waals surface area (Å²) < 4.78 is 5.91. The molecule has 3 aromatic rings. The van der Waals surface area contributed by atoms with Crippen LogP contribution in [0.5, 0.6) is 11.5 Å². The first kappa shape index (κ1) is 21.0. The first-order valence-corrected chi connectivity index (χ1v) is 10.4. The van der Waals surface area contributed by atoms with Crippen LogP contribution in [0.15, 0.2) is 60.8 Å². The second-order valence-corrected chi connectivity index (χ2v) is 7.96. The van der Waals surface area contributed by atoms with Crippen LogP contribution in [-0.4, -0.2) is 33.8 Å². The van der Waals surface area contributed by atoms with Crippen LogP contribution in [0.2, 0.25) is 0 Å². The summed E-state index contributed by atoms with van der Waals surface area (Å²) in [7, 11) is 0. The molecule has 0 radical (unpaired) electrons. The maximum atomic E-state index is 11.2. The maximum absolute atomic E-state index is 11.2. The van der Waals surface area contributed by atoms with Crippen molar-refractivity contribution in [1.29, 1.82) is 0 Å². The van der Waals surface area contributed by atoms with Crippen molar-refractivity contribution >= 4 is 5.97 Å². The van der Waals surface area contributed by atoms with Gasteiger partial charge in [-0.3, -0.25) is 4.98 Å². The van der Waals surface area contributed by atoms with E-state index in [1.807, 2.05) is 31.2 Å². The van der Waals surface area contributed by atoms with Gasteiger partial charge < -0.3 is 20.3 Å². The van der Waals surface area contributed by atoms with Gasteiger partial charge in [-0.25, -0.2) is 4.79 Å². The van der Waals surface area contributed by atoms with E-state index >= 15 is 0 Å². The molecule has 1 aromatic heterocycles. The van der Waals surface area contributed by atoms with Crippen LogP contribution < -0.4 is 10.1 Å². The zero-order valence-electron chi connectivity index (χ0n) is 17.4. The van der Waals surface area contributed by atoms with Crippen molar-refractivity contribution < 1.29 is 19.7 Å². The topological polar surface area (TPSA) is 91.7 Å². The number of aryl methyl sites for hydroxylation is 2. The van der Waals surface area contributed by atoms with Crippen molar-refractivity contribution in [3.05, 3.63) is 88.7 Å². The number of hydrogen-bond donors (Lipinski definition) is 3. The molecular weight excluding hydrogens is 392 g/mol. The van der Waals surface area contributed by atoms with E-state index in [1.54, 1.807) is 24.4 Å². The number of pyridine rings is 1. The number of carbonyl (C=O) groups is 1. The molecular formula is C25H26N2O4. The SMILES string of the molecule is Cc1ccc([C@H](O)CN[C@H]2CCc3ccc(Oc4cccc(C(=O)O)c4)cc3C2)cn1. The molecule has 3 N–H and O–H groups in total. The summed E-state index contributed by atoms with van der Waals surface area (Å²) in [5, 5.41) is 23.1. The van der Waals surface area contributed by atoms with Crippen molar-refractivity contribution in [3.63, 3.8) is 0 Å². The molecule has 0 saturated heterocycles. The van der Waals surface area contributed by atoms with Crippen LogP contribution in [-0.2, 0) is 12.8 Å². The standard InChI is InChI=1S/C25H26N2O4/c1-16-5-6-19(14-26-16)24(28)15-27-21-9-7-17-8-10-23(13-20(17)11-21)31-22-4-2-3-18(12-22)25(29)30/h2-6,8,10,12-14,21,24,27-28H,7,9,11,15H2,1H3,(H,29,30)/t21-,24+/m0/s1. The summed E-state index contributed by atoms with van der Waals surface area (Å²) >= 11 is 0. The second kappa shape index (κ2) is 9.29. The minimum absolute atomic E-state index is 0.196. The average Bonchev–Trinajstić information content (AvgIpc) is 2.78. The summed E-state index contributed by atoms with van der Waals surface area (Å²) in [6, 6.07) is 16.6. The van der Waals surface area contributed by atoms with Gasteiger partial charge in [0.25, 0.3) is 0 Å². The normalized spacial score (nSPS) is 16.4. The quantitative estimate of drug-likeness (QED) is 0.536. The number of aromatic carboxylic acids is 1. The number of rotatable bonds is 7. The number of ether oxygens (including phenoxy) is 1. The molecule has 1 heterocycles. The van der Waals surface area contributed by atoms with Crippen molar-refractivity contribution in [2.45, 2.75) is 38.3 Å². The highest BCUT2D eigenvalue weighted by atomic mass is 16.5. The average molecular weight is 418 g/mol. The van der Waals surface area contributed by atoms with E-state index in [4.69, 9.17) is 9.84 Å². The van der Waals surface area contributed by atoms with Crippen LogP contribution in [0, 0.1) is 6.92 Å². The predicted molar refractivity (Wildman–Crippen MR) is 118 cm³/mol. The third-order valence-corrected chi connectivity index (χ3v) is 5.64. The van der Waals surface area contributed by atoms with E-state index in [9.17, 15) is 9.90 Å². The van der Waals surface area contributed by atoms with Crippen LogP contribution in [0.3, 0.4) is 0 Å².